The molecule has 0 aliphatic carbocycles. The van der Waals surface area contributed by atoms with Gasteiger partial charge < -0.3 is 41.6 Å². The molecular formula is C40H36N10O6. The number of fused-ring (bicyclic) bond motifs is 2. The molecule has 0 bridgehead atoms. The lowest BCUT2D eigenvalue weighted by Crippen LogP contribution is -2.39. The van der Waals surface area contributed by atoms with Gasteiger partial charge in [0.05, 0.1) is 37.0 Å². The van der Waals surface area contributed by atoms with Gasteiger partial charge in [0.2, 0.25) is 0 Å². The molecule has 4 amide bonds. The van der Waals surface area contributed by atoms with Gasteiger partial charge in [0.1, 0.15) is 22.9 Å². The van der Waals surface area contributed by atoms with Crippen molar-refractivity contribution in [2.24, 2.45) is 11.5 Å². The number of carbonyl (C=O) groups is 4. The third-order valence-electron chi connectivity index (χ3n) is 9.84. The van der Waals surface area contributed by atoms with Crippen LogP contribution in [0.15, 0.2) is 97.1 Å². The van der Waals surface area contributed by atoms with Crippen LogP contribution in [0.3, 0.4) is 0 Å². The van der Waals surface area contributed by atoms with Crippen LogP contribution in [0.2, 0.25) is 0 Å². The Hall–Kier alpha value is -7.62. The summed E-state index contributed by atoms with van der Waals surface area (Å²) in [5.74, 6) is -0.710. The molecule has 0 saturated carbocycles. The summed E-state index contributed by atoms with van der Waals surface area (Å²) < 4.78 is 13.4. The summed E-state index contributed by atoms with van der Waals surface area (Å²) in [5.41, 5.74) is 23.4. The largest absolute Gasteiger partial charge is 0.497 e. The summed E-state index contributed by atoms with van der Waals surface area (Å²) in [4.78, 5) is 55.7. The molecule has 2 aliphatic rings. The number of hydrazine groups is 1. The number of primary amides is 2. The molecule has 56 heavy (non-hydrogen) atoms. The molecule has 0 saturated heterocycles. The molecule has 0 unspecified atom stereocenters. The van der Waals surface area contributed by atoms with E-state index >= 15 is 0 Å². The molecule has 6 aromatic rings. The predicted octanol–water partition coefficient (Wildman–Crippen LogP) is 4.12. The topological polar surface area (TPSA) is 205 Å². The van der Waals surface area contributed by atoms with E-state index in [0.717, 1.165) is 11.4 Å². The molecule has 6 N–H and O–H groups in total. The van der Waals surface area contributed by atoms with E-state index in [9.17, 15) is 19.2 Å². The summed E-state index contributed by atoms with van der Waals surface area (Å²) in [6.07, 6.45) is 0.802. The maximum absolute atomic E-state index is 13.9. The van der Waals surface area contributed by atoms with Crippen molar-refractivity contribution in [1.82, 2.24) is 19.6 Å². The highest BCUT2D eigenvalue weighted by Crippen LogP contribution is 2.32. The van der Waals surface area contributed by atoms with Crippen LogP contribution >= 0.6 is 0 Å². The Morgan fingerprint density at radius 2 is 0.893 bits per heavy atom. The van der Waals surface area contributed by atoms with Gasteiger partial charge in [-0.05, 0) is 110 Å². The van der Waals surface area contributed by atoms with E-state index in [1.165, 1.54) is 9.36 Å². The second-order valence-electron chi connectivity index (χ2n) is 13.1. The maximum atomic E-state index is 13.9. The highest BCUT2D eigenvalue weighted by Gasteiger charge is 2.36. The van der Waals surface area contributed by atoms with Gasteiger partial charge in [0, 0.05) is 35.6 Å². The van der Waals surface area contributed by atoms with Crippen molar-refractivity contribution in [2.75, 3.05) is 48.0 Å². The number of hydrogen-bond donors (Lipinski definition) is 4. The Kier molecular flexibility index (Phi) is 9.05. The summed E-state index contributed by atoms with van der Waals surface area (Å²) in [5, 5.41) is 8.86. The highest BCUT2D eigenvalue weighted by atomic mass is 16.5. The van der Waals surface area contributed by atoms with Crippen LogP contribution in [0.1, 0.15) is 53.1 Å². The van der Waals surface area contributed by atoms with E-state index in [1.807, 2.05) is 48.5 Å². The smallest absolute Gasteiger partial charge is 0.277 e. The summed E-state index contributed by atoms with van der Waals surface area (Å²) in [6, 6.07) is 28.7. The maximum Gasteiger partial charge on any atom is 0.277 e. The summed E-state index contributed by atoms with van der Waals surface area (Å²) in [7, 11) is 3.13. The van der Waals surface area contributed by atoms with E-state index < -0.39 is 11.8 Å². The molecule has 0 atom stereocenters. The molecule has 2 aromatic heterocycles. The molecule has 2 aliphatic heterocycles. The zero-order chi connectivity index (χ0) is 39.1. The molecule has 0 fully saturated rings. The molecule has 16 nitrogen and oxygen atoms in total. The SMILES string of the molecule is COc1ccc(-n2nc(C(N)=O)c3c2C(=O)N(c2ccc(NNc4ccc(N5CCc6c(C(N)=O)nn(-c7ccc(OC)cc7)c6C5=O)cc4)cc2)CC3)cc1. The minimum absolute atomic E-state index is 0.0788. The number of anilines is 4. The highest BCUT2D eigenvalue weighted by molar-refractivity contribution is 6.10. The third-order valence-corrected chi connectivity index (χ3v) is 9.84. The number of rotatable bonds is 11. The fraction of sp³-hybridized carbons (Fsp3) is 0.150. The van der Waals surface area contributed by atoms with Gasteiger partial charge in [-0.15, -0.1) is 0 Å². The Labute approximate surface area is 320 Å². The van der Waals surface area contributed by atoms with E-state index in [0.29, 0.717) is 71.3 Å². The first-order valence-corrected chi connectivity index (χ1v) is 17.6. The van der Waals surface area contributed by atoms with E-state index in [2.05, 4.69) is 21.0 Å². The molecule has 16 heteroatoms. The number of amides is 4. The summed E-state index contributed by atoms with van der Waals surface area (Å²) >= 11 is 0. The van der Waals surface area contributed by atoms with E-state index in [1.54, 1.807) is 72.6 Å². The summed E-state index contributed by atoms with van der Waals surface area (Å²) in [6.45, 7) is 0.684. The van der Waals surface area contributed by atoms with Crippen molar-refractivity contribution < 1.29 is 28.7 Å². The Morgan fingerprint density at radius 3 is 1.21 bits per heavy atom. The van der Waals surface area contributed by atoms with Crippen LogP contribution in [0.5, 0.6) is 11.5 Å². The second-order valence-corrected chi connectivity index (χ2v) is 13.1. The van der Waals surface area contributed by atoms with Crippen LogP contribution < -0.4 is 41.6 Å². The number of carbonyl (C=O) groups excluding carboxylic acids is 4. The fourth-order valence-electron chi connectivity index (χ4n) is 7.02. The van der Waals surface area contributed by atoms with Crippen molar-refractivity contribution in [3.63, 3.8) is 0 Å². The number of nitrogens with one attached hydrogen (secondary N) is 2. The fourth-order valence-corrected chi connectivity index (χ4v) is 7.02. The van der Waals surface area contributed by atoms with Crippen molar-refractivity contribution in [2.45, 2.75) is 12.8 Å². The van der Waals surface area contributed by atoms with Gasteiger partial charge in [0.25, 0.3) is 23.6 Å². The molecular weight excluding hydrogens is 717 g/mol. The molecule has 282 valence electrons. The monoisotopic (exact) mass is 752 g/mol. The number of hydrogen-bond acceptors (Lipinski definition) is 10. The van der Waals surface area contributed by atoms with Gasteiger partial charge in [-0.1, -0.05) is 0 Å². The van der Waals surface area contributed by atoms with Crippen LogP contribution in [-0.4, -0.2) is 70.5 Å². The predicted molar refractivity (Wildman–Crippen MR) is 208 cm³/mol. The number of aromatic nitrogens is 4. The molecule has 4 heterocycles. The van der Waals surface area contributed by atoms with E-state index in [4.69, 9.17) is 20.9 Å². The van der Waals surface area contributed by atoms with Crippen LogP contribution in [0.25, 0.3) is 11.4 Å². The van der Waals surface area contributed by atoms with Crippen molar-refractivity contribution in [3.05, 3.63) is 131 Å². The first-order valence-electron chi connectivity index (χ1n) is 17.6. The van der Waals surface area contributed by atoms with Crippen molar-refractivity contribution >= 4 is 46.4 Å². The lowest BCUT2D eigenvalue weighted by Gasteiger charge is -2.28. The number of nitrogens with two attached hydrogens (primary N) is 2. The Balaban J connectivity index is 0.950. The third kappa shape index (κ3) is 6.27. The molecule has 4 aromatic carbocycles. The second kappa shape index (κ2) is 14.3. The molecule has 8 rings (SSSR count). The average Bonchev–Trinajstić information content (AvgIpc) is 3.82. The van der Waals surface area contributed by atoms with Crippen LogP contribution in [0.4, 0.5) is 22.7 Å². The van der Waals surface area contributed by atoms with Crippen molar-refractivity contribution in [1.29, 1.82) is 0 Å². The van der Waals surface area contributed by atoms with Gasteiger partial charge in [0.15, 0.2) is 11.4 Å². The zero-order valence-electron chi connectivity index (χ0n) is 30.4. The van der Waals surface area contributed by atoms with Crippen molar-refractivity contribution in [3.8, 4) is 22.9 Å². The Bertz CT molecular complexity index is 2320. The average molecular weight is 753 g/mol. The zero-order valence-corrected chi connectivity index (χ0v) is 30.4. The number of methoxy groups -OCH3 is 2. The lowest BCUT2D eigenvalue weighted by molar-refractivity contribution is 0.0964. The van der Waals surface area contributed by atoms with E-state index in [-0.39, 0.29) is 34.6 Å². The minimum atomic E-state index is -0.694. The quantitative estimate of drug-likeness (QED) is 0.139. The number of benzene rings is 4. The van der Waals surface area contributed by atoms with Gasteiger partial charge in [-0.3, -0.25) is 19.2 Å². The first kappa shape index (κ1) is 35.4. The molecule has 0 spiro atoms. The van der Waals surface area contributed by atoms with Crippen LogP contribution in [0, 0.1) is 0 Å². The number of nitrogens with zero attached hydrogens (tertiary/aromatic N) is 6. The molecule has 0 radical (unpaired) electrons. The normalized spacial score (nSPS) is 13.5. The lowest BCUT2D eigenvalue weighted by atomic mass is 10.0. The van der Waals surface area contributed by atoms with Gasteiger partial charge >= 0.3 is 0 Å². The van der Waals surface area contributed by atoms with Gasteiger partial charge in [-0.2, -0.15) is 10.2 Å². The number of ether oxygens (including phenoxy) is 2. The Morgan fingerprint density at radius 1 is 0.554 bits per heavy atom. The minimum Gasteiger partial charge on any atom is -0.497 e. The first-order chi connectivity index (χ1) is 27.1. The standard InChI is InChI=1S/C40H36N10O6/c1-55-29-15-11-27(12-16-29)49-35-31(33(45-49)37(41)51)19-21-47(39(35)53)25-7-3-23(4-8-25)43-44-24-5-9-26(10-6-24)48-22-20-32-34(38(42)52)46-50(36(32)40(48)54)28-13-17-30(56-2)18-14-28/h3-18,43-44H,19-22H2,1-2H3,(H2,41,51)(H2,42,52). The van der Waals surface area contributed by atoms with Crippen LogP contribution in [-0.2, 0) is 12.8 Å². The van der Waals surface area contributed by atoms with Gasteiger partial charge in [-0.25, -0.2) is 9.36 Å².